The number of carbonyl (C=O) groups is 2. The van der Waals surface area contributed by atoms with Crippen molar-refractivity contribution in [1.82, 2.24) is 10.2 Å². The van der Waals surface area contributed by atoms with E-state index in [4.69, 9.17) is 0 Å². The molecule has 0 aliphatic carbocycles. The van der Waals surface area contributed by atoms with Gasteiger partial charge in [-0.2, -0.15) is 0 Å². The molecule has 35 heavy (non-hydrogen) atoms. The summed E-state index contributed by atoms with van der Waals surface area (Å²) in [5.41, 5.74) is 4.42. The quantitative estimate of drug-likeness (QED) is 0.322. The molecule has 1 N–H and O–H groups in total. The predicted molar refractivity (Wildman–Crippen MR) is 146 cm³/mol. The Morgan fingerprint density at radius 1 is 0.857 bits per heavy atom. The van der Waals surface area contributed by atoms with Crippen molar-refractivity contribution in [3.05, 3.63) is 106 Å². The van der Waals surface area contributed by atoms with Crippen LogP contribution in [0.25, 0.3) is 0 Å². The van der Waals surface area contributed by atoms with Crippen LogP contribution >= 0.6 is 15.9 Å². The maximum Gasteiger partial charge on any atom is 0.243 e. The molecule has 0 aliphatic rings. The summed E-state index contributed by atoms with van der Waals surface area (Å²) in [6.45, 7) is 6.39. The highest BCUT2D eigenvalue weighted by atomic mass is 79.9. The number of carbonyl (C=O) groups excluding carboxylic acids is 2. The van der Waals surface area contributed by atoms with E-state index in [-0.39, 0.29) is 17.9 Å². The average Bonchev–Trinajstić information content (AvgIpc) is 2.85. The Kier molecular flexibility index (Phi) is 10.1. The lowest BCUT2D eigenvalue weighted by Crippen LogP contribution is -2.51. The van der Waals surface area contributed by atoms with Crippen molar-refractivity contribution in [2.24, 2.45) is 0 Å². The van der Waals surface area contributed by atoms with Crippen LogP contribution in [-0.2, 0) is 35.4 Å². The normalized spacial score (nSPS) is 11.8. The van der Waals surface area contributed by atoms with E-state index in [0.717, 1.165) is 27.6 Å². The molecule has 1 atom stereocenters. The van der Waals surface area contributed by atoms with E-state index in [0.29, 0.717) is 25.8 Å². The standard InChI is InChI=1S/C30H35BrN2O2/c1-4-23-13-15-24(16-14-23)17-18-29(34)33(21-26-11-8-12-27(31)19-26)28(30(35)32-22(2)3)20-25-9-6-5-7-10-25/h5-16,19,22,28H,4,17-18,20-21H2,1-3H3,(H,32,35)/t28-/m1/s1. The number of hydrogen-bond acceptors (Lipinski definition) is 2. The number of rotatable bonds is 11. The molecule has 0 spiro atoms. The molecular weight excluding hydrogens is 500 g/mol. The second-order valence-corrected chi connectivity index (χ2v) is 10.1. The van der Waals surface area contributed by atoms with Crippen molar-refractivity contribution >= 4 is 27.7 Å². The van der Waals surface area contributed by atoms with E-state index in [1.165, 1.54) is 5.56 Å². The summed E-state index contributed by atoms with van der Waals surface area (Å²) < 4.78 is 0.949. The van der Waals surface area contributed by atoms with Gasteiger partial charge in [0.25, 0.3) is 0 Å². The van der Waals surface area contributed by atoms with Gasteiger partial charge in [0, 0.05) is 29.9 Å². The fraction of sp³-hybridized carbons (Fsp3) is 0.333. The van der Waals surface area contributed by atoms with Crippen LogP contribution in [0.5, 0.6) is 0 Å². The highest BCUT2D eigenvalue weighted by Crippen LogP contribution is 2.19. The number of halogens is 1. The van der Waals surface area contributed by atoms with Crippen LogP contribution in [0.4, 0.5) is 0 Å². The van der Waals surface area contributed by atoms with Gasteiger partial charge in [-0.1, -0.05) is 89.6 Å². The fourth-order valence-corrected chi connectivity index (χ4v) is 4.55. The van der Waals surface area contributed by atoms with Gasteiger partial charge in [-0.15, -0.1) is 0 Å². The molecule has 0 radical (unpaired) electrons. The molecule has 2 amide bonds. The van der Waals surface area contributed by atoms with Crippen LogP contribution in [0.2, 0.25) is 0 Å². The smallest absolute Gasteiger partial charge is 0.243 e. The van der Waals surface area contributed by atoms with Gasteiger partial charge in [0.1, 0.15) is 6.04 Å². The molecule has 5 heteroatoms. The number of hydrogen-bond donors (Lipinski definition) is 1. The van der Waals surface area contributed by atoms with Crippen LogP contribution in [0, 0.1) is 0 Å². The molecule has 0 saturated heterocycles. The Labute approximate surface area is 217 Å². The van der Waals surface area contributed by atoms with Gasteiger partial charge in [0.05, 0.1) is 0 Å². The van der Waals surface area contributed by atoms with Crippen LogP contribution in [0.3, 0.4) is 0 Å². The fourth-order valence-electron chi connectivity index (χ4n) is 4.10. The first-order valence-electron chi connectivity index (χ1n) is 12.3. The first-order valence-corrected chi connectivity index (χ1v) is 13.1. The summed E-state index contributed by atoms with van der Waals surface area (Å²) >= 11 is 3.53. The molecule has 0 aromatic heterocycles. The van der Waals surface area contributed by atoms with Crippen molar-refractivity contribution < 1.29 is 9.59 Å². The number of aryl methyl sites for hydroxylation is 2. The van der Waals surface area contributed by atoms with Crippen molar-refractivity contribution in [3.63, 3.8) is 0 Å². The van der Waals surface area contributed by atoms with E-state index in [9.17, 15) is 9.59 Å². The highest BCUT2D eigenvalue weighted by molar-refractivity contribution is 9.10. The Balaban J connectivity index is 1.88. The van der Waals surface area contributed by atoms with E-state index >= 15 is 0 Å². The Bertz CT molecular complexity index is 1100. The zero-order valence-electron chi connectivity index (χ0n) is 20.8. The summed E-state index contributed by atoms with van der Waals surface area (Å²) in [7, 11) is 0. The third-order valence-corrected chi connectivity index (χ3v) is 6.50. The first kappa shape index (κ1) is 26.7. The molecule has 3 aromatic rings. The molecule has 3 aromatic carbocycles. The third-order valence-electron chi connectivity index (χ3n) is 6.00. The topological polar surface area (TPSA) is 49.4 Å². The number of benzene rings is 3. The lowest BCUT2D eigenvalue weighted by atomic mass is 10.0. The van der Waals surface area contributed by atoms with Crippen LogP contribution in [0.1, 0.15) is 49.4 Å². The second-order valence-electron chi connectivity index (χ2n) is 9.19. The average molecular weight is 536 g/mol. The van der Waals surface area contributed by atoms with E-state index < -0.39 is 6.04 Å². The molecule has 184 valence electrons. The molecule has 4 nitrogen and oxygen atoms in total. The van der Waals surface area contributed by atoms with Crippen LogP contribution in [-0.4, -0.2) is 28.8 Å². The molecule has 0 aliphatic heterocycles. The number of nitrogens with one attached hydrogen (secondary N) is 1. The van der Waals surface area contributed by atoms with Gasteiger partial charge in [0.15, 0.2) is 0 Å². The largest absolute Gasteiger partial charge is 0.352 e. The van der Waals surface area contributed by atoms with Gasteiger partial charge in [-0.05, 0) is 61.1 Å². The van der Waals surface area contributed by atoms with Gasteiger partial charge < -0.3 is 10.2 Å². The minimum absolute atomic E-state index is 0.0133. The van der Waals surface area contributed by atoms with E-state index in [1.807, 2.05) is 68.4 Å². The SMILES string of the molecule is CCc1ccc(CCC(=O)N(Cc2cccc(Br)c2)[C@H](Cc2ccccc2)C(=O)NC(C)C)cc1. The maximum absolute atomic E-state index is 13.7. The van der Waals surface area contributed by atoms with Crippen LogP contribution < -0.4 is 5.32 Å². The van der Waals surface area contributed by atoms with Crippen molar-refractivity contribution in [2.45, 2.75) is 65.1 Å². The summed E-state index contributed by atoms with van der Waals surface area (Å²) in [5.74, 6) is -0.149. The van der Waals surface area contributed by atoms with Crippen LogP contribution in [0.15, 0.2) is 83.3 Å². The van der Waals surface area contributed by atoms with Gasteiger partial charge in [-0.3, -0.25) is 9.59 Å². The lowest BCUT2D eigenvalue weighted by molar-refractivity contribution is -0.141. The van der Waals surface area contributed by atoms with E-state index in [1.54, 1.807) is 4.90 Å². The van der Waals surface area contributed by atoms with Crippen molar-refractivity contribution in [1.29, 1.82) is 0 Å². The summed E-state index contributed by atoms with van der Waals surface area (Å²) in [6, 6.07) is 25.6. The number of nitrogens with zero attached hydrogens (tertiary/aromatic N) is 1. The minimum Gasteiger partial charge on any atom is -0.352 e. The summed E-state index contributed by atoms with van der Waals surface area (Å²) in [6.07, 6.45) is 2.44. The summed E-state index contributed by atoms with van der Waals surface area (Å²) in [5, 5.41) is 3.04. The number of amides is 2. The molecule has 3 rings (SSSR count). The monoisotopic (exact) mass is 534 g/mol. The Morgan fingerprint density at radius 2 is 1.51 bits per heavy atom. The second kappa shape index (κ2) is 13.2. The molecule has 0 unspecified atom stereocenters. The minimum atomic E-state index is -0.603. The van der Waals surface area contributed by atoms with Gasteiger partial charge in [-0.25, -0.2) is 0 Å². The van der Waals surface area contributed by atoms with E-state index in [2.05, 4.69) is 52.4 Å². The molecule has 0 saturated carbocycles. The first-order chi connectivity index (χ1) is 16.9. The zero-order valence-corrected chi connectivity index (χ0v) is 22.4. The summed E-state index contributed by atoms with van der Waals surface area (Å²) in [4.78, 5) is 28.8. The van der Waals surface area contributed by atoms with Crippen molar-refractivity contribution in [2.75, 3.05) is 0 Å². The molecular formula is C30H35BrN2O2. The van der Waals surface area contributed by atoms with Gasteiger partial charge >= 0.3 is 0 Å². The Hall–Kier alpha value is -2.92. The molecule has 0 bridgehead atoms. The van der Waals surface area contributed by atoms with Gasteiger partial charge in [0.2, 0.25) is 11.8 Å². The third kappa shape index (κ3) is 8.36. The predicted octanol–water partition coefficient (Wildman–Crippen LogP) is 6.11. The lowest BCUT2D eigenvalue weighted by Gasteiger charge is -2.32. The molecule has 0 fully saturated rings. The zero-order chi connectivity index (χ0) is 25.2. The van der Waals surface area contributed by atoms with Crippen molar-refractivity contribution in [3.8, 4) is 0 Å². The molecule has 0 heterocycles. The Morgan fingerprint density at radius 3 is 2.14 bits per heavy atom. The highest BCUT2D eigenvalue weighted by Gasteiger charge is 2.30. The maximum atomic E-state index is 13.7.